The van der Waals surface area contributed by atoms with E-state index in [0.29, 0.717) is 12.6 Å². The number of nitrogens with zero attached hydrogens (tertiary/aromatic N) is 1. The zero-order valence-electron chi connectivity index (χ0n) is 9.02. The Morgan fingerprint density at radius 3 is 2.36 bits per heavy atom. The Bertz CT molecular complexity index is 160. The van der Waals surface area contributed by atoms with Crippen LogP contribution in [0.1, 0.15) is 26.2 Å². The third kappa shape index (κ3) is 4.33. The Hall–Kier alpha value is -0.220. The Kier molecular flexibility index (Phi) is 4.26. The summed E-state index contributed by atoms with van der Waals surface area (Å²) in [6, 6.07) is 0.577. The summed E-state index contributed by atoms with van der Waals surface area (Å²) in [5, 5.41) is 3.22. The molecule has 0 amide bonds. The summed E-state index contributed by atoms with van der Waals surface area (Å²) >= 11 is 0. The first-order valence-electron chi connectivity index (χ1n) is 5.29. The summed E-state index contributed by atoms with van der Waals surface area (Å²) in [7, 11) is 1.96. The first kappa shape index (κ1) is 11.9. The van der Waals surface area contributed by atoms with Gasteiger partial charge in [0.25, 0.3) is 0 Å². The number of likely N-dealkylation sites (tertiary alicyclic amines) is 1. The van der Waals surface area contributed by atoms with Gasteiger partial charge in [-0.25, -0.2) is 8.78 Å². The van der Waals surface area contributed by atoms with Gasteiger partial charge in [-0.3, -0.25) is 0 Å². The fraction of sp³-hybridized carbons (Fsp3) is 1.00. The Morgan fingerprint density at radius 1 is 1.36 bits per heavy atom. The van der Waals surface area contributed by atoms with Crippen LogP contribution >= 0.6 is 0 Å². The number of hydrogen-bond donors (Lipinski definition) is 1. The molecule has 84 valence electrons. The van der Waals surface area contributed by atoms with Gasteiger partial charge in [-0.1, -0.05) is 0 Å². The van der Waals surface area contributed by atoms with Crippen LogP contribution in [0.3, 0.4) is 0 Å². The number of halogens is 2. The zero-order valence-corrected chi connectivity index (χ0v) is 9.02. The molecule has 1 rings (SSSR count). The predicted molar refractivity (Wildman–Crippen MR) is 53.8 cm³/mol. The predicted octanol–water partition coefficient (Wildman–Crippen LogP) is 1.72. The minimum absolute atomic E-state index is 0.0166. The van der Waals surface area contributed by atoms with Gasteiger partial charge >= 0.3 is 0 Å². The SMILES string of the molecule is CNC1CCN(CCC(C)(F)F)CC1. The fourth-order valence-corrected chi connectivity index (χ4v) is 1.80. The van der Waals surface area contributed by atoms with Crippen molar-refractivity contribution in [2.75, 3.05) is 26.7 Å². The first-order chi connectivity index (χ1) is 6.51. The van der Waals surface area contributed by atoms with Gasteiger partial charge in [0, 0.05) is 19.0 Å². The van der Waals surface area contributed by atoms with E-state index in [4.69, 9.17) is 0 Å². The highest BCUT2D eigenvalue weighted by molar-refractivity contribution is 4.76. The second kappa shape index (κ2) is 5.03. The lowest BCUT2D eigenvalue weighted by atomic mass is 10.0. The molecule has 1 N–H and O–H groups in total. The van der Waals surface area contributed by atoms with Crippen molar-refractivity contribution < 1.29 is 8.78 Å². The van der Waals surface area contributed by atoms with Crippen LogP contribution in [0.15, 0.2) is 0 Å². The maximum absolute atomic E-state index is 12.6. The molecule has 0 unspecified atom stereocenters. The summed E-state index contributed by atoms with van der Waals surface area (Å²) in [4.78, 5) is 2.13. The highest BCUT2D eigenvalue weighted by Gasteiger charge is 2.24. The maximum Gasteiger partial charge on any atom is 0.246 e. The molecule has 1 fully saturated rings. The maximum atomic E-state index is 12.6. The van der Waals surface area contributed by atoms with Gasteiger partial charge in [0.1, 0.15) is 0 Å². The molecule has 4 heteroatoms. The Labute approximate surface area is 84.7 Å². The topological polar surface area (TPSA) is 15.3 Å². The van der Waals surface area contributed by atoms with E-state index in [1.54, 1.807) is 0 Å². The molecule has 0 aromatic heterocycles. The molecule has 1 aliphatic heterocycles. The number of piperidine rings is 1. The average Bonchev–Trinajstić information content (AvgIpc) is 2.14. The van der Waals surface area contributed by atoms with E-state index in [0.717, 1.165) is 32.9 Å². The summed E-state index contributed by atoms with van der Waals surface area (Å²) in [5.41, 5.74) is 0. The lowest BCUT2D eigenvalue weighted by molar-refractivity contribution is 0.00103. The molecule has 1 heterocycles. The van der Waals surface area contributed by atoms with E-state index in [9.17, 15) is 8.78 Å². The van der Waals surface area contributed by atoms with Crippen molar-refractivity contribution in [3.63, 3.8) is 0 Å². The lowest BCUT2D eigenvalue weighted by Crippen LogP contribution is -2.42. The molecule has 0 aromatic rings. The number of rotatable bonds is 4. The van der Waals surface area contributed by atoms with Crippen molar-refractivity contribution in [1.82, 2.24) is 10.2 Å². The molecule has 0 aromatic carbocycles. The third-order valence-electron chi connectivity index (χ3n) is 2.86. The average molecular weight is 206 g/mol. The summed E-state index contributed by atoms with van der Waals surface area (Å²) < 4.78 is 25.2. The van der Waals surface area contributed by atoms with Crippen molar-refractivity contribution in [3.05, 3.63) is 0 Å². The Balaban J connectivity index is 2.16. The van der Waals surface area contributed by atoms with E-state index in [1.807, 2.05) is 7.05 Å². The zero-order chi connectivity index (χ0) is 10.6. The molecule has 0 radical (unpaired) electrons. The van der Waals surface area contributed by atoms with Gasteiger partial charge in [-0.2, -0.15) is 0 Å². The molecule has 1 aliphatic rings. The fourth-order valence-electron chi connectivity index (χ4n) is 1.80. The van der Waals surface area contributed by atoms with Crippen molar-refractivity contribution in [2.45, 2.75) is 38.2 Å². The number of nitrogens with one attached hydrogen (secondary N) is 1. The molecular weight excluding hydrogens is 186 g/mol. The molecule has 14 heavy (non-hydrogen) atoms. The molecule has 2 nitrogen and oxygen atoms in total. The largest absolute Gasteiger partial charge is 0.317 e. The van der Waals surface area contributed by atoms with E-state index >= 15 is 0 Å². The minimum Gasteiger partial charge on any atom is -0.317 e. The minimum atomic E-state index is -2.51. The van der Waals surface area contributed by atoms with Gasteiger partial charge in [0.2, 0.25) is 5.92 Å². The smallest absolute Gasteiger partial charge is 0.246 e. The highest BCUT2D eigenvalue weighted by Crippen LogP contribution is 2.18. The van der Waals surface area contributed by atoms with Crippen molar-refractivity contribution in [1.29, 1.82) is 0 Å². The van der Waals surface area contributed by atoms with Crippen LogP contribution in [0.5, 0.6) is 0 Å². The second-order valence-electron chi connectivity index (χ2n) is 4.22. The first-order valence-corrected chi connectivity index (χ1v) is 5.29. The van der Waals surface area contributed by atoms with Crippen molar-refractivity contribution >= 4 is 0 Å². The molecule has 0 bridgehead atoms. The van der Waals surface area contributed by atoms with Crippen LogP contribution in [-0.2, 0) is 0 Å². The summed E-state index contributed by atoms with van der Waals surface area (Å²) in [6.07, 6.45) is 2.13. The van der Waals surface area contributed by atoms with E-state index in [2.05, 4.69) is 10.2 Å². The van der Waals surface area contributed by atoms with Crippen LogP contribution in [0.4, 0.5) is 8.78 Å². The van der Waals surface area contributed by atoms with Crippen LogP contribution in [-0.4, -0.2) is 43.5 Å². The van der Waals surface area contributed by atoms with E-state index in [-0.39, 0.29) is 6.42 Å². The number of hydrogen-bond acceptors (Lipinski definition) is 2. The quantitative estimate of drug-likeness (QED) is 0.753. The highest BCUT2D eigenvalue weighted by atomic mass is 19.3. The van der Waals surface area contributed by atoms with Gasteiger partial charge in [-0.05, 0) is 39.9 Å². The Morgan fingerprint density at radius 2 is 1.93 bits per heavy atom. The van der Waals surface area contributed by atoms with Gasteiger partial charge in [-0.15, -0.1) is 0 Å². The van der Waals surface area contributed by atoms with Crippen LogP contribution in [0.2, 0.25) is 0 Å². The van der Waals surface area contributed by atoms with Gasteiger partial charge in [0.05, 0.1) is 0 Å². The third-order valence-corrected chi connectivity index (χ3v) is 2.86. The van der Waals surface area contributed by atoms with Gasteiger partial charge in [0.15, 0.2) is 0 Å². The number of alkyl halides is 2. The van der Waals surface area contributed by atoms with Crippen LogP contribution < -0.4 is 5.32 Å². The second-order valence-corrected chi connectivity index (χ2v) is 4.22. The molecule has 0 atom stereocenters. The van der Waals surface area contributed by atoms with Gasteiger partial charge < -0.3 is 10.2 Å². The summed E-state index contributed by atoms with van der Waals surface area (Å²) in [5.74, 6) is -2.51. The lowest BCUT2D eigenvalue weighted by Gasteiger charge is -2.32. The standard InChI is InChI=1S/C10H20F2N2/c1-10(11,12)5-8-14-6-3-9(13-2)4-7-14/h9,13H,3-8H2,1-2H3. The molecule has 0 spiro atoms. The van der Waals surface area contributed by atoms with E-state index in [1.165, 1.54) is 0 Å². The molecule has 1 saturated heterocycles. The summed E-state index contributed by atoms with van der Waals surface area (Å²) in [6.45, 7) is 3.41. The van der Waals surface area contributed by atoms with Crippen molar-refractivity contribution in [3.8, 4) is 0 Å². The molecule has 0 saturated carbocycles. The van der Waals surface area contributed by atoms with Crippen LogP contribution in [0.25, 0.3) is 0 Å². The van der Waals surface area contributed by atoms with Crippen LogP contribution in [0, 0.1) is 0 Å². The monoisotopic (exact) mass is 206 g/mol. The van der Waals surface area contributed by atoms with Crippen molar-refractivity contribution in [2.24, 2.45) is 0 Å². The van der Waals surface area contributed by atoms with E-state index < -0.39 is 5.92 Å². The molecule has 0 aliphatic carbocycles. The molecular formula is C10H20F2N2. The normalized spacial score (nSPS) is 21.4.